The normalized spacial score (nSPS) is 12.1. The number of nitrogens with one attached hydrogen (secondary N) is 1. The molecular formula is C19H25N3O3S. The summed E-state index contributed by atoms with van der Waals surface area (Å²) in [5, 5.41) is 13.1. The van der Waals surface area contributed by atoms with Crippen LogP contribution in [0.2, 0.25) is 0 Å². The van der Waals surface area contributed by atoms with Crippen LogP contribution < -0.4 is 5.32 Å². The predicted molar refractivity (Wildman–Crippen MR) is 102 cm³/mol. The number of carbonyl (C=O) groups is 2. The topological polar surface area (TPSA) is 82.5 Å². The number of rotatable bonds is 10. The van der Waals surface area contributed by atoms with E-state index in [1.54, 1.807) is 18.3 Å². The highest BCUT2D eigenvalue weighted by molar-refractivity contribution is 7.11. The molecule has 0 aliphatic carbocycles. The van der Waals surface area contributed by atoms with E-state index < -0.39 is 12.0 Å². The summed E-state index contributed by atoms with van der Waals surface area (Å²) in [7, 11) is 0. The third-order valence-corrected chi connectivity index (χ3v) is 5.15. The lowest BCUT2D eigenvalue weighted by atomic mass is 10.1. The third-order valence-electron chi connectivity index (χ3n) is 4.11. The number of carboxylic acid groups (broad SMARTS) is 1. The first-order valence-electron chi connectivity index (χ1n) is 8.64. The van der Waals surface area contributed by atoms with E-state index in [4.69, 9.17) is 0 Å². The molecule has 0 aliphatic rings. The van der Waals surface area contributed by atoms with E-state index in [1.165, 1.54) is 12.5 Å². The number of hydrogen-bond donors (Lipinski definition) is 2. The SMILES string of the molecule is CC(=O)NCCN(Cc1cnc(CCc2ccccc2)s1)C(C)C(=O)O. The van der Waals surface area contributed by atoms with Crippen molar-refractivity contribution in [1.82, 2.24) is 15.2 Å². The van der Waals surface area contributed by atoms with Crippen molar-refractivity contribution in [2.24, 2.45) is 0 Å². The summed E-state index contributed by atoms with van der Waals surface area (Å²) < 4.78 is 0. The number of thiazole rings is 1. The lowest BCUT2D eigenvalue weighted by molar-refractivity contribution is -0.142. The highest BCUT2D eigenvalue weighted by Gasteiger charge is 2.21. The van der Waals surface area contributed by atoms with Gasteiger partial charge in [0.25, 0.3) is 0 Å². The molecule has 1 amide bonds. The molecule has 140 valence electrons. The number of nitrogens with zero attached hydrogens (tertiary/aromatic N) is 2. The number of aryl methyl sites for hydroxylation is 2. The van der Waals surface area contributed by atoms with Crippen molar-refractivity contribution < 1.29 is 14.7 Å². The number of hydrogen-bond acceptors (Lipinski definition) is 5. The summed E-state index contributed by atoms with van der Waals surface area (Å²) >= 11 is 1.62. The van der Waals surface area contributed by atoms with Crippen LogP contribution in [0.1, 0.15) is 29.3 Å². The van der Waals surface area contributed by atoms with Gasteiger partial charge in [-0.2, -0.15) is 0 Å². The monoisotopic (exact) mass is 375 g/mol. The van der Waals surface area contributed by atoms with Crippen LogP contribution in [0.3, 0.4) is 0 Å². The molecule has 0 saturated carbocycles. The number of aliphatic carboxylic acids is 1. The zero-order chi connectivity index (χ0) is 18.9. The number of benzene rings is 1. The van der Waals surface area contributed by atoms with Crippen LogP contribution in [0.4, 0.5) is 0 Å². The van der Waals surface area contributed by atoms with E-state index in [0.29, 0.717) is 19.6 Å². The molecule has 1 atom stereocenters. The molecule has 26 heavy (non-hydrogen) atoms. The smallest absolute Gasteiger partial charge is 0.320 e. The van der Waals surface area contributed by atoms with Crippen molar-refractivity contribution in [2.45, 2.75) is 39.3 Å². The number of carbonyl (C=O) groups excluding carboxylic acids is 1. The molecule has 1 aromatic heterocycles. The minimum absolute atomic E-state index is 0.117. The molecule has 2 rings (SSSR count). The molecule has 0 spiro atoms. The van der Waals surface area contributed by atoms with Crippen LogP contribution in [-0.2, 0) is 29.0 Å². The second-order valence-corrected chi connectivity index (χ2v) is 7.37. The Bertz CT molecular complexity index is 718. The van der Waals surface area contributed by atoms with E-state index in [1.807, 2.05) is 29.3 Å². The molecule has 6 nitrogen and oxygen atoms in total. The van der Waals surface area contributed by atoms with Crippen LogP contribution in [0.25, 0.3) is 0 Å². The highest BCUT2D eigenvalue weighted by Crippen LogP contribution is 2.18. The van der Waals surface area contributed by atoms with Crippen LogP contribution in [0, 0.1) is 0 Å². The first kappa shape index (κ1) is 20.1. The minimum Gasteiger partial charge on any atom is -0.480 e. The maximum absolute atomic E-state index is 11.4. The fraction of sp³-hybridized carbons (Fsp3) is 0.421. The Morgan fingerprint density at radius 3 is 2.65 bits per heavy atom. The maximum Gasteiger partial charge on any atom is 0.320 e. The maximum atomic E-state index is 11.4. The van der Waals surface area contributed by atoms with E-state index in [-0.39, 0.29) is 5.91 Å². The summed E-state index contributed by atoms with van der Waals surface area (Å²) in [5.41, 5.74) is 1.28. The standard InChI is InChI=1S/C19H25N3O3S/c1-14(19(24)25)22(11-10-20-15(2)23)13-17-12-21-18(26-17)9-8-16-6-4-3-5-7-16/h3-7,12,14H,8-11,13H2,1-2H3,(H,20,23)(H,24,25). The number of amides is 1. The summed E-state index contributed by atoms with van der Waals surface area (Å²) in [6, 6.07) is 9.65. The fourth-order valence-corrected chi connectivity index (χ4v) is 3.52. The Balaban J connectivity index is 1.93. The molecule has 1 aromatic carbocycles. The van der Waals surface area contributed by atoms with E-state index in [9.17, 15) is 14.7 Å². The van der Waals surface area contributed by atoms with Crippen molar-refractivity contribution >= 4 is 23.2 Å². The zero-order valence-corrected chi connectivity index (χ0v) is 16.0. The van der Waals surface area contributed by atoms with Gasteiger partial charge in [0.15, 0.2) is 0 Å². The van der Waals surface area contributed by atoms with Gasteiger partial charge >= 0.3 is 5.97 Å². The predicted octanol–water partition coefficient (Wildman–Crippen LogP) is 2.34. The van der Waals surface area contributed by atoms with Gasteiger partial charge in [-0.1, -0.05) is 30.3 Å². The molecule has 0 fully saturated rings. The Hall–Kier alpha value is -2.25. The fourth-order valence-electron chi connectivity index (χ4n) is 2.57. The van der Waals surface area contributed by atoms with Gasteiger partial charge in [0.1, 0.15) is 6.04 Å². The van der Waals surface area contributed by atoms with E-state index in [2.05, 4.69) is 22.4 Å². The molecule has 1 unspecified atom stereocenters. The van der Waals surface area contributed by atoms with Gasteiger partial charge in [0, 0.05) is 44.1 Å². The summed E-state index contributed by atoms with van der Waals surface area (Å²) in [4.78, 5) is 29.7. The molecule has 0 aliphatic heterocycles. The first-order valence-corrected chi connectivity index (χ1v) is 9.46. The molecule has 2 N–H and O–H groups in total. The van der Waals surface area contributed by atoms with Gasteiger partial charge in [0.05, 0.1) is 5.01 Å². The lowest BCUT2D eigenvalue weighted by Gasteiger charge is -2.25. The Morgan fingerprint density at radius 1 is 1.27 bits per heavy atom. The van der Waals surface area contributed by atoms with Crippen molar-refractivity contribution in [3.63, 3.8) is 0 Å². The molecule has 0 radical (unpaired) electrons. The number of aromatic nitrogens is 1. The first-order chi connectivity index (χ1) is 12.5. The molecule has 1 heterocycles. The second kappa shape index (κ2) is 10.0. The van der Waals surface area contributed by atoms with Gasteiger partial charge in [-0.25, -0.2) is 4.98 Å². The van der Waals surface area contributed by atoms with Crippen molar-refractivity contribution in [2.75, 3.05) is 13.1 Å². The van der Waals surface area contributed by atoms with Crippen LogP contribution in [-0.4, -0.2) is 46.0 Å². The molecule has 0 saturated heterocycles. The second-order valence-electron chi connectivity index (χ2n) is 6.17. The Kier molecular flexibility index (Phi) is 7.74. The average molecular weight is 375 g/mol. The van der Waals surface area contributed by atoms with Gasteiger partial charge in [-0.15, -0.1) is 11.3 Å². The van der Waals surface area contributed by atoms with E-state index in [0.717, 1.165) is 22.7 Å². The molecule has 7 heteroatoms. The van der Waals surface area contributed by atoms with Crippen molar-refractivity contribution in [1.29, 1.82) is 0 Å². The quantitative estimate of drug-likeness (QED) is 0.666. The summed E-state index contributed by atoms with van der Waals surface area (Å²) in [5.74, 6) is -0.990. The molecule has 0 bridgehead atoms. The third kappa shape index (κ3) is 6.57. The largest absolute Gasteiger partial charge is 0.480 e. The Morgan fingerprint density at radius 2 is 2.00 bits per heavy atom. The van der Waals surface area contributed by atoms with E-state index >= 15 is 0 Å². The minimum atomic E-state index is -0.873. The van der Waals surface area contributed by atoms with Gasteiger partial charge in [-0.05, 0) is 18.9 Å². The lowest BCUT2D eigenvalue weighted by Crippen LogP contribution is -2.42. The van der Waals surface area contributed by atoms with Crippen LogP contribution in [0.15, 0.2) is 36.5 Å². The van der Waals surface area contributed by atoms with Gasteiger partial charge in [0.2, 0.25) is 5.91 Å². The summed E-state index contributed by atoms with van der Waals surface area (Å²) in [6.45, 7) is 4.52. The molecular weight excluding hydrogens is 350 g/mol. The van der Waals surface area contributed by atoms with Crippen molar-refractivity contribution in [3.05, 3.63) is 52.0 Å². The van der Waals surface area contributed by atoms with Gasteiger partial charge < -0.3 is 10.4 Å². The van der Waals surface area contributed by atoms with Crippen molar-refractivity contribution in [3.8, 4) is 0 Å². The van der Waals surface area contributed by atoms with Crippen LogP contribution >= 0.6 is 11.3 Å². The zero-order valence-electron chi connectivity index (χ0n) is 15.1. The number of carboxylic acids is 1. The van der Waals surface area contributed by atoms with Gasteiger partial charge in [-0.3, -0.25) is 14.5 Å². The average Bonchev–Trinajstić information content (AvgIpc) is 3.06. The molecule has 2 aromatic rings. The summed E-state index contributed by atoms with van der Waals surface area (Å²) in [6.07, 6.45) is 3.63. The highest BCUT2D eigenvalue weighted by atomic mass is 32.1. The van der Waals surface area contributed by atoms with Crippen LogP contribution in [0.5, 0.6) is 0 Å². The Labute approximate surface area is 157 Å².